The van der Waals surface area contributed by atoms with Crippen molar-refractivity contribution in [3.05, 3.63) is 101 Å². The summed E-state index contributed by atoms with van der Waals surface area (Å²) in [5, 5.41) is 12.8. The highest BCUT2D eigenvalue weighted by atomic mass is 16.3. The van der Waals surface area contributed by atoms with Crippen LogP contribution in [0.1, 0.15) is 28.8 Å². The van der Waals surface area contributed by atoms with Gasteiger partial charge in [-0.15, -0.1) is 0 Å². The van der Waals surface area contributed by atoms with Crippen molar-refractivity contribution in [1.29, 1.82) is 0 Å². The lowest BCUT2D eigenvalue weighted by molar-refractivity contribution is -0.132. The van der Waals surface area contributed by atoms with Gasteiger partial charge in [0.1, 0.15) is 0 Å². The van der Waals surface area contributed by atoms with Crippen molar-refractivity contribution in [3.63, 3.8) is 0 Å². The number of hydrogen-bond donors (Lipinski definition) is 2. The average Bonchev–Trinajstić information content (AvgIpc) is 3.22. The van der Waals surface area contributed by atoms with Crippen molar-refractivity contribution in [1.82, 2.24) is 4.98 Å². The molecule has 2 heterocycles. The number of aryl methyl sites for hydroxylation is 2. The highest BCUT2D eigenvalue weighted by Crippen LogP contribution is 2.47. The summed E-state index contributed by atoms with van der Waals surface area (Å²) >= 11 is 0. The largest absolute Gasteiger partial charge is 0.372 e. The van der Waals surface area contributed by atoms with Crippen LogP contribution in [0.4, 0.5) is 5.69 Å². The first-order valence-electron chi connectivity index (χ1n) is 10.4. The maximum atomic E-state index is 13.7. The predicted octanol–water partition coefficient (Wildman–Crippen LogP) is 4.69. The first kappa shape index (κ1) is 18.6. The molecule has 4 aromatic rings. The van der Waals surface area contributed by atoms with Gasteiger partial charge in [-0.1, -0.05) is 66.7 Å². The second-order valence-corrected chi connectivity index (χ2v) is 7.94. The number of carbonyl (C=O) groups is 1. The van der Waals surface area contributed by atoms with E-state index >= 15 is 0 Å². The zero-order valence-corrected chi connectivity index (χ0v) is 16.9. The SMILES string of the molecule is Cc1[nH]c2ccccc2c1[C@@]1(O)C(=O)N(CCCc2ccccc2)c2ccccc21. The lowest BCUT2D eigenvalue weighted by atomic mass is 9.85. The Kier molecular flexibility index (Phi) is 4.44. The fourth-order valence-corrected chi connectivity index (χ4v) is 4.73. The van der Waals surface area contributed by atoms with Gasteiger partial charge in [-0.05, 0) is 37.5 Å². The molecule has 0 unspecified atom stereocenters. The maximum absolute atomic E-state index is 13.7. The molecular formula is C26H24N2O2. The predicted molar refractivity (Wildman–Crippen MR) is 120 cm³/mol. The number of nitrogens with one attached hydrogen (secondary N) is 1. The lowest BCUT2D eigenvalue weighted by Gasteiger charge is -2.24. The number of H-pyrrole nitrogens is 1. The van der Waals surface area contributed by atoms with Crippen LogP contribution in [-0.2, 0) is 16.8 Å². The molecule has 1 aliphatic heterocycles. The fourth-order valence-electron chi connectivity index (χ4n) is 4.73. The van der Waals surface area contributed by atoms with E-state index in [1.54, 1.807) is 4.90 Å². The topological polar surface area (TPSA) is 56.3 Å². The Hall–Kier alpha value is -3.37. The molecule has 30 heavy (non-hydrogen) atoms. The summed E-state index contributed by atoms with van der Waals surface area (Å²) < 4.78 is 0. The third-order valence-electron chi connectivity index (χ3n) is 6.08. The van der Waals surface area contributed by atoms with Gasteiger partial charge in [0.05, 0.1) is 5.69 Å². The lowest BCUT2D eigenvalue weighted by Crippen LogP contribution is -2.42. The Morgan fingerprint density at radius 2 is 1.63 bits per heavy atom. The number of benzene rings is 3. The molecule has 0 fully saturated rings. The molecule has 150 valence electrons. The maximum Gasteiger partial charge on any atom is 0.268 e. The molecule has 0 saturated heterocycles. The van der Waals surface area contributed by atoms with Crippen LogP contribution in [0, 0.1) is 6.92 Å². The van der Waals surface area contributed by atoms with E-state index in [9.17, 15) is 9.90 Å². The Morgan fingerprint density at radius 1 is 0.933 bits per heavy atom. The van der Waals surface area contributed by atoms with E-state index in [0.717, 1.165) is 35.1 Å². The van der Waals surface area contributed by atoms with E-state index in [4.69, 9.17) is 0 Å². The van der Waals surface area contributed by atoms with Gasteiger partial charge < -0.3 is 15.0 Å². The van der Waals surface area contributed by atoms with Crippen molar-refractivity contribution in [2.75, 3.05) is 11.4 Å². The summed E-state index contributed by atoms with van der Waals surface area (Å²) in [6.07, 6.45) is 1.71. The molecule has 4 nitrogen and oxygen atoms in total. The van der Waals surface area contributed by atoms with Crippen LogP contribution in [-0.4, -0.2) is 22.5 Å². The Bertz CT molecular complexity index is 1230. The minimum absolute atomic E-state index is 0.274. The summed E-state index contributed by atoms with van der Waals surface area (Å²) in [6.45, 7) is 2.48. The number of aliphatic hydroxyl groups is 1. The van der Waals surface area contributed by atoms with Gasteiger partial charge >= 0.3 is 0 Å². The molecule has 0 bridgehead atoms. The van der Waals surface area contributed by atoms with Crippen LogP contribution in [0.2, 0.25) is 0 Å². The van der Waals surface area contributed by atoms with Crippen molar-refractivity contribution < 1.29 is 9.90 Å². The van der Waals surface area contributed by atoms with Crippen molar-refractivity contribution in [2.24, 2.45) is 0 Å². The number of anilines is 1. The quantitative estimate of drug-likeness (QED) is 0.514. The average molecular weight is 396 g/mol. The van der Waals surface area contributed by atoms with Crippen molar-refractivity contribution >= 4 is 22.5 Å². The minimum atomic E-state index is -1.69. The molecule has 1 aliphatic rings. The molecule has 0 saturated carbocycles. The molecule has 0 spiro atoms. The number of hydrogen-bond acceptors (Lipinski definition) is 2. The standard InChI is InChI=1S/C26H24N2O2/c1-18-24(20-13-5-7-15-22(20)27-18)26(30)21-14-6-8-16-23(21)28(25(26)29)17-9-12-19-10-3-2-4-11-19/h2-8,10-11,13-16,27,30H,9,12,17H2,1H3/t26-/m1/s1. The number of para-hydroxylation sites is 2. The Labute approximate surface area is 175 Å². The van der Waals surface area contributed by atoms with Crippen LogP contribution < -0.4 is 4.90 Å². The van der Waals surface area contributed by atoms with Gasteiger partial charge in [0, 0.05) is 34.3 Å². The van der Waals surface area contributed by atoms with E-state index in [-0.39, 0.29) is 5.91 Å². The van der Waals surface area contributed by atoms with Gasteiger partial charge in [-0.3, -0.25) is 4.79 Å². The summed E-state index contributed by atoms with van der Waals surface area (Å²) in [4.78, 5) is 18.8. The summed E-state index contributed by atoms with van der Waals surface area (Å²) in [5.74, 6) is -0.274. The van der Waals surface area contributed by atoms with E-state index in [1.807, 2.05) is 73.7 Å². The van der Waals surface area contributed by atoms with Crippen LogP contribution >= 0.6 is 0 Å². The molecule has 1 amide bonds. The Morgan fingerprint density at radius 3 is 2.47 bits per heavy atom. The van der Waals surface area contributed by atoms with Gasteiger partial charge in [0.25, 0.3) is 5.91 Å². The zero-order chi connectivity index (χ0) is 20.7. The van der Waals surface area contributed by atoms with E-state index in [1.165, 1.54) is 5.56 Å². The molecule has 2 N–H and O–H groups in total. The molecule has 0 radical (unpaired) electrons. The second-order valence-electron chi connectivity index (χ2n) is 7.94. The number of aromatic nitrogens is 1. The number of nitrogens with zero attached hydrogens (tertiary/aromatic N) is 1. The second kappa shape index (κ2) is 7.15. The summed E-state index contributed by atoms with van der Waals surface area (Å²) in [6, 6.07) is 25.7. The Balaban J connectivity index is 1.54. The highest BCUT2D eigenvalue weighted by Gasteiger charge is 2.52. The zero-order valence-electron chi connectivity index (χ0n) is 16.9. The monoisotopic (exact) mass is 396 g/mol. The minimum Gasteiger partial charge on any atom is -0.372 e. The number of aromatic amines is 1. The number of rotatable bonds is 5. The molecule has 1 atom stereocenters. The normalized spacial score (nSPS) is 18.2. The van der Waals surface area contributed by atoms with Crippen LogP contribution in [0.15, 0.2) is 78.9 Å². The van der Waals surface area contributed by atoms with Crippen LogP contribution in [0.5, 0.6) is 0 Å². The first-order chi connectivity index (χ1) is 14.6. The van der Waals surface area contributed by atoms with Gasteiger partial charge in [0.2, 0.25) is 0 Å². The number of amides is 1. The first-order valence-corrected chi connectivity index (χ1v) is 10.4. The number of fused-ring (bicyclic) bond motifs is 2. The summed E-state index contributed by atoms with van der Waals surface area (Å²) in [5.41, 5.74) is 3.40. The molecular weight excluding hydrogens is 372 g/mol. The van der Waals surface area contributed by atoms with Crippen molar-refractivity contribution in [3.8, 4) is 0 Å². The molecule has 4 heteroatoms. The van der Waals surface area contributed by atoms with Crippen LogP contribution in [0.25, 0.3) is 10.9 Å². The van der Waals surface area contributed by atoms with Gasteiger partial charge in [-0.25, -0.2) is 0 Å². The smallest absolute Gasteiger partial charge is 0.268 e. The van der Waals surface area contributed by atoms with E-state index < -0.39 is 5.60 Å². The number of carbonyl (C=O) groups excluding carboxylic acids is 1. The fraction of sp³-hybridized carbons (Fsp3) is 0.192. The third-order valence-corrected chi connectivity index (χ3v) is 6.08. The highest BCUT2D eigenvalue weighted by molar-refractivity contribution is 6.11. The molecule has 3 aromatic carbocycles. The van der Waals surface area contributed by atoms with Gasteiger partial charge in [0.15, 0.2) is 5.60 Å². The molecule has 0 aliphatic carbocycles. The third kappa shape index (κ3) is 2.76. The summed E-state index contributed by atoms with van der Waals surface area (Å²) in [7, 11) is 0. The molecule has 1 aromatic heterocycles. The van der Waals surface area contributed by atoms with Crippen LogP contribution in [0.3, 0.4) is 0 Å². The van der Waals surface area contributed by atoms with Gasteiger partial charge in [-0.2, -0.15) is 0 Å². The molecule has 5 rings (SSSR count). The van der Waals surface area contributed by atoms with E-state index in [2.05, 4.69) is 17.1 Å². The van der Waals surface area contributed by atoms with Crippen molar-refractivity contribution in [2.45, 2.75) is 25.4 Å². The van der Waals surface area contributed by atoms with E-state index in [0.29, 0.717) is 17.7 Å².